The maximum Gasteiger partial charge on any atom is 0.277 e. The van der Waals surface area contributed by atoms with Gasteiger partial charge in [0.25, 0.3) is 5.22 Å². The molecule has 30 heavy (non-hydrogen) atoms. The number of methoxy groups -OCH3 is 2. The van der Waals surface area contributed by atoms with Gasteiger partial charge in [-0.3, -0.25) is 4.79 Å². The van der Waals surface area contributed by atoms with E-state index in [-0.39, 0.29) is 11.7 Å². The van der Waals surface area contributed by atoms with Crippen LogP contribution in [0.15, 0.2) is 52.1 Å². The standard InChI is InChI=1S/C21H23N3O5S/c1-4-28-16-8-6-15(7-9-16)22-19(25)13-30-21-24-23-20(29-21)12-14-5-10-17(26-2)18(11-14)27-3/h5-11H,4,12-13H2,1-3H3,(H,22,25). The lowest BCUT2D eigenvalue weighted by atomic mass is 10.1. The molecule has 1 amide bonds. The van der Waals surface area contributed by atoms with Crippen LogP contribution >= 0.6 is 11.8 Å². The summed E-state index contributed by atoms with van der Waals surface area (Å²) in [5.74, 6) is 2.50. The van der Waals surface area contributed by atoms with Gasteiger partial charge in [-0.1, -0.05) is 17.8 Å². The molecule has 0 spiro atoms. The lowest BCUT2D eigenvalue weighted by Crippen LogP contribution is -2.13. The Balaban J connectivity index is 1.51. The molecule has 1 aromatic heterocycles. The van der Waals surface area contributed by atoms with Crippen molar-refractivity contribution in [2.75, 3.05) is 31.9 Å². The molecule has 158 valence electrons. The van der Waals surface area contributed by atoms with Gasteiger partial charge in [0.05, 0.1) is 33.0 Å². The summed E-state index contributed by atoms with van der Waals surface area (Å²) in [7, 11) is 3.17. The molecule has 0 bridgehead atoms. The maximum atomic E-state index is 12.1. The summed E-state index contributed by atoms with van der Waals surface area (Å²) in [6.45, 7) is 2.52. The second-order valence-electron chi connectivity index (χ2n) is 6.12. The van der Waals surface area contributed by atoms with Gasteiger partial charge in [0, 0.05) is 5.69 Å². The SMILES string of the molecule is CCOc1ccc(NC(=O)CSc2nnc(Cc3ccc(OC)c(OC)c3)o2)cc1. The Morgan fingerprint density at radius 3 is 2.53 bits per heavy atom. The Bertz CT molecular complexity index is 975. The molecule has 9 heteroatoms. The molecule has 0 radical (unpaired) electrons. The molecule has 3 rings (SSSR count). The van der Waals surface area contributed by atoms with Crippen LogP contribution in [0.2, 0.25) is 0 Å². The summed E-state index contributed by atoms with van der Waals surface area (Å²) < 4.78 is 21.6. The minimum absolute atomic E-state index is 0.158. The number of ether oxygens (including phenoxy) is 3. The fraction of sp³-hybridized carbons (Fsp3) is 0.286. The van der Waals surface area contributed by atoms with E-state index in [1.54, 1.807) is 26.4 Å². The predicted octanol–water partition coefficient (Wildman–Crippen LogP) is 3.81. The molecule has 1 N–H and O–H groups in total. The van der Waals surface area contributed by atoms with Gasteiger partial charge in [0.2, 0.25) is 11.8 Å². The number of rotatable bonds is 10. The zero-order valence-corrected chi connectivity index (χ0v) is 17.8. The lowest BCUT2D eigenvalue weighted by Gasteiger charge is -2.08. The maximum absolute atomic E-state index is 12.1. The molecule has 8 nitrogen and oxygen atoms in total. The number of hydrogen-bond donors (Lipinski definition) is 1. The van der Waals surface area contributed by atoms with E-state index in [9.17, 15) is 4.79 Å². The van der Waals surface area contributed by atoms with E-state index in [2.05, 4.69) is 15.5 Å². The number of hydrogen-bond acceptors (Lipinski definition) is 8. The first-order valence-electron chi connectivity index (χ1n) is 9.30. The van der Waals surface area contributed by atoms with Crippen molar-refractivity contribution in [1.82, 2.24) is 10.2 Å². The molecule has 3 aromatic rings. The van der Waals surface area contributed by atoms with Gasteiger partial charge in [-0.25, -0.2) is 0 Å². The van der Waals surface area contributed by atoms with Crippen LogP contribution in [0.4, 0.5) is 5.69 Å². The first-order valence-corrected chi connectivity index (χ1v) is 10.3. The molecule has 0 aliphatic rings. The summed E-state index contributed by atoms with van der Waals surface area (Å²) in [6, 6.07) is 12.8. The molecule has 0 saturated carbocycles. The zero-order chi connectivity index (χ0) is 21.3. The van der Waals surface area contributed by atoms with Gasteiger partial charge in [-0.2, -0.15) is 0 Å². The quantitative estimate of drug-likeness (QED) is 0.486. The summed E-state index contributed by atoms with van der Waals surface area (Å²) in [4.78, 5) is 12.1. The Morgan fingerprint density at radius 2 is 1.83 bits per heavy atom. The fourth-order valence-corrected chi connectivity index (χ4v) is 3.24. The molecule has 2 aromatic carbocycles. The van der Waals surface area contributed by atoms with Crippen molar-refractivity contribution in [1.29, 1.82) is 0 Å². The first kappa shape index (κ1) is 21.5. The molecular weight excluding hydrogens is 406 g/mol. The summed E-state index contributed by atoms with van der Waals surface area (Å²) in [6.07, 6.45) is 0.451. The van der Waals surface area contributed by atoms with E-state index >= 15 is 0 Å². The van der Waals surface area contributed by atoms with Gasteiger partial charge in [0.15, 0.2) is 11.5 Å². The van der Waals surface area contributed by atoms with Gasteiger partial charge >= 0.3 is 0 Å². The van der Waals surface area contributed by atoms with Crippen LogP contribution in [-0.2, 0) is 11.2 Å². The number of carbonyl (C=O) groups excluding carboxylic acids is 1. The molecule has 0 aliphatic heterocycles. The van der Waals surface area contributed by atoms with E-state index in [1.807, 2.05) is 37.3 Å². The van der Waals surface area contributed by atoms with E-state index in [0.29, 0.717) is 41.3 Å². The van der Waals surface area contributed by atoms with E-state index < -0.39 is 0 Å². The number of thioether (sulfide) groups is 1. The monoisotopic (exact) mass is 429 g/mol. The Kier molecular flexibility index (Phi) is 7.56. The van der Waals surface area contributed by atoms with E-state index in [1.165, 1.54) is 11.8 Å². The number of nitrogens with zero attached hydrogens (tertiary/aromatic N) is 2. The van der Waals surface area contributed by atoms with Gasteiger partial charge < -0.3 is 23.9 Å². The van der Waals surface area contributed by atoms with Crippen molar-refractivity contribution < 1.29 is 23.4 Å². The third-order valence-electron chi connectivity index (χ3n) is 4.03. The number of amides is 1. The Labute approximate surface area is 178 Å². The number of nitrogens with one attached hydrogen (secondary N) is 1. The summed E-state index contributed by atoms with van der Waals surface area (Å²) in [5.41, 5.74) is 1.64. The topological polar surface area (TPSA) is 95.7 Å². The third kappa shape index (κ3) is 5.90. The van der Waals surface area contributed by atoms with Crippen LogP contribution in [0.25, 0.3) is 0 Å². The molecule has 0 unspecified atom stereocenters. The highest BCUT2D eigenvalue weighted by Crippen LogP contribution is 2.28. The average molecular weight is 429 g/mol. The van der Waals surface area contributed by atoms with Crippen molar-refractivity contribution in [2.24, 2.45) is 0 Å². The largest absolute Gasteiger partial charge is 0.494 e. The zero-order valence-electron chi connectivity index (χ0n) is 17.0. The highest BCUT2D eigenvalue weighted by Gasteiger charge is 2.12. The molecule has 1 heterocycles. The first-order chi connectivity index (χ1) is 14.6. The smallest absolute Gasteiger partial charge is 0.277 e. The van der Waals surface area contributed by atoms with Crippen molar-refractivity contribution in [2.45, 2.75) is 18.6 Å². The van der Waals surface area contributed by atoms with Gasteiger partial charge in [-0.05, 0) is 48.9 Å². The average Bonchev–Trinajstić information content (AvgIpc) is 3.21. The van der Waals surface area contributed by atoms with E-state index in [4.69, 9.17) is 18.6 Å². The summed E-state index contributed by atoms with van der Waals surface area (Å²) in [5, 5.41) is 11.2. The lowest BCUT2D eigenvalue weighted by molar-refractivity contribution is -0.113. The minimum Gasteiger partial charge on any atom is -0.494 e. The van der Waals surface area contributed by atoms with E-state index in [0.717, 1.165) is 11.3 Å². The van der Waals surface area contributed by atoms with Crippen molar-refractivity contribution in [3.05, 3.63) is 53.9 Å². The second-order valence-corrected chi connectivity index (χ2v) is 7.05. The van der Waals surface area contributed by atoms with Crippen molar-refractivity contribution >= 4 is 23.4 Å². The highest BCUT2D eigenvalue weighted by molar-refractivity contribution is 7.99. The van der Waals surface area contributed by atoms with Crippen LogP contribution in [-0.4, -0.2) is 42.7 Å². The molecule has 0 atom stereocenters. The predicted molar refractivity (Wildman–Crippen MR) is 114 cm³/mol. The van der Waals surface area contributed by atoms with Gasteiger partial charge in [0.1, 0.15) is 5.75 Å². The van der Waals surface area contributed by atoms with Crippen LogP contribution in [0, 0.1) is 0 Å². The second kappa shape index (κ2) is 10.5. The summed E-state index contributed by atoms with van der Waals surface area (Å²) >= 11 is 1.18. The van der Waals surface area contributed by atoms with Crippen LogP contribution < -0.4 is 19.5 Å². The number of benzene rings is 2. The number of aromatic nitrogens is 2. The Morgan fingerprint density at radius 1 is 1.07 bits per heavy atom. The molecule has 0 saturated heterocycles. The highest BCUT2D eigenvalue weighted by atomic mass is 32.2. The molecule has 0 aliphatic carbocycles. The normalized spacial score (nSPS) is 10.5. The molecular formula is C21H23N3O5S. The number of anilines is 1. The molecule has 0 fully saturated rings. The fourth-order valence-electron chi connectivity index (χ4n) is 2.66. The van der Waals surface area contributed by atoms with Crippen LogP contribution in [0.1, 0.15) is 18.4 Å². The number of carbonyl (C=O) groups is 1. The van der Waals surface area contributed by atoms with Gasteiger partial charge in [-0.15, -0.1) is 10.2 Å². The minimum atomic E-state index is -0.163. The van der Waals surface area contributed by atoms with Crippen LogP contribution in [0.5, 0.6) is 17.2 Å². The third-order valence-corrected chi connectivity index (χ3v) is 4.85. The van der Waals surface area contributed by atoms with Crippen LogP contribution in [0.3, 0.4) is 0 Å². The van der Waals surface area contributed by atoms with Crippen molar-refractivity contribution in [3.63, 3.8) is 0 Å². The van der Waals surface area contributed by atoms with Crippen molar-refractivity contribution in [3.8, 4) is 17.2 Å². The Hall–Kier alpha value is -3.20.